The van der Waals surface area contributed by atoms with Gasteiger partial charge in [0.05, 0.1) is 5.71 Å². The molecule has 2 aromatic rings. The van der Waals surface area contributed by atoms with Crippen molar-refractivity contribution < 1.29 is 14.0 Å². The largest absolute Gasteiger partial charge is 0.456 e. The van der Waals surface area contributed by atoms with E-state index in [0.29, 0.717) is 11.5 Å². The van der Waals surface area contributed by atoms with E-state index < -0.39 is 5.91 Å². The van der Waals surface area contributed by atoms with Gasteiger partial charge in [-0.05, 0) is 56.5 Å². The zero-order valence-electron chi connectivity index (χ0n) is 13.6. The van der Waals surface area contributed by atoms with Gasteiger partial charge in [-0.15, -0.1) is 0 Å². The summed E-state index contributed by atoms with van der Waals surface area (Å²) in [5, 5.41) is 6.99. The van der Waals surface area contributed by atoms with Crippen LogP contribution in [-0.2, 0) is 4.79 Å². The molecule has 1 aliphatic rings. The average molecular weight is 325 g/mol. The van der Waals surface area contributed by atoms with E-state index in [0.717, 1.165) is 24.1 Å². The highest BCUT2D eigenvalue weighted by molar-refractivity contribution is 6.02. The maximum absolute atomic E-state index is 11.9. The first kappa shape index (κ1) is 16.0. The number of carbonyl (C=O) groups is 2. The van der Waals surface area contributed by atoms with Crippen LogP contribution in [0.1, 0.15) is 41.6 Å². The Bertz CT molecular complexity index is 803. The van der Waals surface area contributed by atoms with E-state index in [4.69, 9.17) is 4.42 Å². The summed E-state index contributed by atoms with van der Waals surface area (Å²) in [5.74, 6) is 0.692. The molecule has 6 nitrogen and oxygen atoms in total. The molecule has 1 aliphatic carbocycles. The molecule has 1 heterocycles. The fourth-order valence-electron chi connectivity index (χ4n) is 2.22. The Morgan fingerprint density at radius 1 is 1.21 bits per heavy atom. The summed E-state index contributed by atoms with van der Waals surface area (Å²) in [5.41, 5.74) is 4.65. The molecule has 3 rings (SSSR count). The summed E-state index contributed by atoms with van der Waals surface area (Å²) >= 11 is 0. The molecule has 0 radical (unpaired) electrons. The minimum atomic E-state index is -0.402. The second-order valence-electron chi connectivity index (χ2n) is 5.89. The summed E-state index contributed by atoms with van der Waals surface area (Å²) in [6.45, 7) is 3.56. The minimum Gasteiger partial charge on any atom is -0.456 e. The van der Waals surface area contributed by atoms with Gasteiger partial charge in [-0.1, -0.05) is 12.1 Å². The first-order valence-electron chi connectivity index (χ1n) is 7.85. The third-order valence-electron chi connectivity index (χ3n) is 3.79. The van der Waals surface area contributed by atoms with E-state index in [9.17, 15) is 9.59 Å². The fraction of sp³-hybridized carbons (Fsp3) is 0.278. The molecule has 1 aromatic carbocycles. The maximum atomic E-state index is 11.9. The smallest absolute Gasteiger partial charge is 0.307 e. The minimum absolute atomic E-state index is 0.0585. The van der Waals surface area contributed by atoms with Gasteiger partial charge in [-0.2, -0.15) is 5.10 Å². The summed E-state index contributed by atoms with van der Waals surface area (Å²) in [6.07, 6.45) is 1.93. The number of furan rings is 1. The van der Waals surface area contributed by atoms with Crippen molar-refractivity contribution in [1.82, 2.24) is 5.43 Å². The lowest BCUT2D eigenvalue weighted by Gasteiger charge is -2.07. The Labute approximate surface area is 139 Å². The van der Waals surface area contributed by atoms with Gasteiger partial charge in [0.25, 0.3) is 0 Å². The zero-order valence-corrected chi connectivity index (χ0v) is 13.6. The summed E-state index contributed by atoms with van der Waals surface area (Å²) in [6, 6.07) is 10.7. The standard InChI is InChI=1S/C18H19N3O3/c1-11-6-9-16(24-11)18(23)21-20-12(2)14-4-3-5-15(10-14)19-17(22)13-7-8-13/h3-6,9-10,13H,7-8H2,1-2H3,(H,19,22)(H,21,23). The molecule has 0 bridgehead atoms. The zero-order chi connectivity index (χ0) is 17.1. The van der Waals surface area contributed by atoms with Crippen molar-refractivity contribution in [3.63, 3.8) is 0 Å². The summed E-state index contributed by atoms with van der Waals surface area (Å²) in [4.78, 5) is 23.7. The molecule has 2 amide bonds. The Morgan fingerprint density at radius 3 is 2.67 bits per heavy atom. The molecule has 6 heteroatoms. The monoisotopic (exact) mass is 325 g/mol. The van der Waals surface area contributed by atoms with Crippen LogP contribution in [0.3, 0.4) is 0 Å². The van der Waals surface area contributed by atoms with E-state index >= 15 is 0 Å². The molecular formula is C18H19N3O3. The van der Waals surface area contributed by atoms with Gasteiger partial charge in [0, 0.05) is 11.6 Å². The van der Waals surface area contributed by atoms with Crippen molar-refractivity contribution in [3.8, 4) is 0 Å². The molecular weight excluding hydrogens is 306 g/mol. The van der Waals surface area contributed by atoms with Gasteiger partial charge in [0.15, 0.2) is 5.76 Å². The molecule has 2 N–H and O–H groups in total. The second kappa shape index (κ2) is 6.70. The van der Waals surface area contributed by atoms with Crippen molar-refractivity contribution in [2.75, 3.05) is 5.32 Å². The summed E-state index contributed by atoms with van der Waals surface area (Å²) in [7, 11) is 0. The molecule has 24 heavy (non-hydrogen) atoms. The topological polar surface area (TPSA) is 83.7 Å². The number of nitrogens with one attached hydrogen (secondary N) is 2. The fourth-order valence-corrected chi connectivity index (χ4v) is 2.22. The molecule has 0 saturated heterocycles. The Balaban J connectivity index is 1.66. The number of nitrogens with zero attached hydrogens (tertiary/aromatic N) is 1. The SMILES string of the molecule is CC(=NNC(=O)c1ccc(C)o1)c1cccc(NC(=O)C2CC2)c1. The highest BCUT2D eigenvalue weighted by Crippen LogP contribution is 2.30. The number of rotatable bonds is 5. The Kier molecular flexibility index (Phi) is 4.46. The van der Waals surface area contributed by atoms with Crippen LogP contribution >= 0.6 is 0 Å². The molecule has 0 unspecified atom stereocenters. The molecule has 0 atom stereocenters. The van der Waals surface area contributed by atoms with Crippen LogP contribution in [0, 0.1) is 12.8 Å². The Hall–Kier alpha value is -2.89. The van der Waals surface area contributed by atoms with Crippen LogP contribution in [0.25, 0.3) is 0 Å². The lowest BCUT2D eigenvalue weighted by atomic mass is 10.1. The van der Waals surface area contributed by atoms with Crippen LogP contribution in [0.4, 0.5) is 5.69 Å². The first-order valence-corrected chi connectivity index (χ1v) is 7.85. The van der Waals surface area contributed by atoms with Gasteiger partial charge in [-0.25, -0.2) is 5.43 Å². The number of anilines is 1. The van der Waals surface area contributed by atoms with Crippen molar-refractivity contribution in [1.29, 1.82) is 0 Å². The van der Waals surface area contributed by atoms with Crippen molar-refractivity contribution in [2.24, 2.45) is 11.0 Å². The van der Waals surface area contributed by atoms with E-state index in [1.807, 2.05) is 24.3 Å². The number of carbonyl (C=O) groups excluding carboxylic acids is 2. The van der Waals surface area contributed by atoms with Crippen LogP contribution in [0.2, 0.25) is 0 Å². The predicted octanol–water partition coefficient (Wildman–Crippen LogP) is 3.09. The Morgan fingerprint density at radius 2 is 2.00 bits per heavy atom. The highest BCUT2D eigenvalue weighted by Gasteiger charge is 2.29. The molecule has 0 aliphatic heterocycles. The van der Waals surface area contributed by atoms with Gasteiger partial charge < -0.3 is 9.73 Å². The first-order chi connectivity index (χ1) is 11.5. The number of amides is 2. The van der Waals surface area contributed by atoms with Gasteiger partial charge in [0.1, 0.15) is 5.76 Å². The normalized spacial score (nSPS) is 14.3. The third kappa shape index (κ3) is 3.90. The van der Waals surface area contributed by atoms with Crippen LogP contribution < -0.4 is 10.7 Å². The maximum Gasteiger partial charge on any atom is 0.307 e. The van der Waals surface area contributed by atoms with E-state index in [-0.39, 0.29) is 17.6 Å². The van der Waals surface area contributed by atoms with Crippen molar-refractivity contribution >= 4 is 23.2 Å². The van der Waals surface area contributed by atoms with Crippen LogP contribution in [0.15, 0.2) is 45.9 Å². The molecule has 1 aromatic heterocycles. The number of benzene rings is 1. The molecule has 1 saturated carbocycles. The molecule has 0 spiro atoms. The van der Waals surface area contributed by atoms with E-state index in [1.54, 1.807) is 26.0 Å². The molecule has 1 fully saturated rings. The lowest BCUT2D eigenvalue weighted by Crippen LogP contribution is -2.19. The second-order valence-corrected chi connectivity index (χ2v) is 5.89. The molecule has 124 valence electrons. The van der Waals surface area contributed by atoms with Gasteiger partial charge >= 0.3 is 5.91 Å². The van der Waals surface area contributed by atoms with Gasteiger partial charge in [-0.3, -0.25) is 9.59 Å². The van der Waals surface area contributed by atoms with Gasteiger partial charge in [0.2, 0.25) is 5.91 Å². The number of hydrogen-bond donors (Lipinski definition) is 2. The van der Waals surface area contributed by atoms with Crippen LogP contribution in [-0.4, -0.2) is 17.5 Å². The lowest BCUT2D eigenvalue weighted by molar-refractivity contribution is -0.117. The van der Waals surface area contributed by atoms with E-state index in [2.05, 4.69) is 15.8 Å². The summed E-state index contributed by atoms with van der Waals surface area (Å²) < 4.78 is 5.25. The quantitative estimate of drug-likeness (QED) is 0.654. The number of hydrazone groups is 1. The van der Waals surface area contributed by atoms with Crippen LogP contribution in [0.5, 0.6) is 0 Å². The third-order valence-corrected chi connectivity index (χ3v) is 3.79. The number of aryl methyl sites for hydroxylation is 1. The predicted molar refractivity (Wildman–Crippen MR) is 90.9 cm³/mol. The van der Waals surface area contributed by atoms with Crippen molar-refractivity contribution in [2.45, 2.75) is 26.7 Å². The highest BCUT2D eigenvalue weighted by atomic mass is 16.3. The number of hydrogen-bond acceptors (Lipinski definition) is 4. The average Bonchev–Trinajstić information content (AvgIpc) is 3.34. The van der Waals surface area contributed by atoms with Crippen molar-refractivity contribution in [3.05, 3.63) is 53.5 Å². The van der Waals surface area contributed by atoms with E-state index in [1.165, 1.54) is 0 Å².